The Morgan fingerprint density at radius 3 is 2.96 bits per heavy atom. The molecule has 1 aromatic carbocycles. The zero-order valence-corrected chi connectivity index (χ0v) is 15.1. The average molecular weight is 396 g/mol. The van der Waals surface area contributed by atoms with Crippen LogP contribution >= 0.6 is 11.3 Å². The highest BCUT2D eigenvalue weighted by Crippen LogP contribution is 2.38. The average Bonchev–Trinajstić information content (AvgIpc) is 3.28. The predicted octanol–water partition coefficient (Wildman–Crippen LogP) is 3.96. The first-order valence-corrected chi connectivity index (χ1v) is 9.46. The number of aryl methyl sites for hydroxylation is 1. The summed E-state index contributed by atoms with van der Waals surface area (Å²) >= 11 is 1.70. The van der Waals surface area contributed by atoms with Crippen molar-refractivity contribution in [2.24, 2.45) is 0 Å². The molecular formula is C18H18F2N2O4S. The molecular weight excluding hydrogens is 378 g/mol. The highest BCUT2D eigenvalue weighted by atomic mass is 32.1. The second-order valence-corrected chi connectivity index (χ2v) is 7.26. The number of urea groups is 1. The number of fused-ring (bicyclic) bond motifs is 2. The summed E-state index contributed by atoms with van der Waals surface area (Å²) in [4.78, 5) is 13.6. The number of halogens is 2. The molecule has 0 radical (unpaired) electrons. The quantitative estimate of drug-likeness (QED) is 0.803. The Kier molecular flexibility index (Phi) is 5.02. The predicted molar refractivity (Wildman–Crippen MR) is 94.6 cm³/mol. The van der Waals surface area contributed by atoms with Gasteiger partial charge >= 0.3 is 12.6 Å². The van der Waals surface area contributed by atoms with E-state index in [9.17, 15) is 13.6 Å². The molecule has 1 atom stereocenters. The zero-order valence-electron chi connectivity index (χ0n) is 14.3. The zero-order chi connectivity index (χ0) is 18.8. The van der Waals surface area contributed by atoms with Crippen LogP contribution in [0.15, 0.2) is 23.6 Å². The first-order chi connectivity index (χ1) is 13.1. The third-order valence-corrected chi connectivity index (χ3v) is 5.56. The molecule has 1 aliphatic heterocycles. The van der Waals surface area contributed by atoms with Crippen LogP contribution in [0.1, 0.15) is 34.9 Å². The molecule has 2 N–H and O–H groups in total. The molecule has 0 bridgehead atoms. The summed E-state index contributed by atoms with van der Waals surface area (Å²) in [5, 5.41) is 7.69. The van der Waals surface area contributed by atoms with Gasteiger partial charge in [-0.3, -0.25) is 0 Å². The topological polar surface area (TPSA) is 68.8 Å². The summed E-state index contributed by atoms with van der Waals surface area (Å²) in [7, 11) is 0. The van der Waals surface area contributed by atoms with Crippen LogP contribution in [0.2, 0.25) is 0 Å². The molecule has 2 amide bonds. The molecule has 1 aromatic heterocycles. The van der Waals surface area contributed by atoms with Gasteiger partial charge in [0.15, 0.2) is 11.5 Å². The molecule has 4 rings (SSSR count). The van der Waals surface area contributed by atoms with E-state index >= 15 is 0 Å². The maximum Gasteiger partial charge on any atom is 0.387 e. The summed E-state index contributed by atoms with van der Waals surface area (Å²) in [6.45, 7) is -2.93. The molecule has 27 heavy (non-hydrogen) atoms. The minimum atomic E-state index is -2.97. The van der Waals surface area contributed by atoms with Crippen LogP contribution in [0.3, 0.4) is 0 Å². The Labute approximate surface area is 158 Å². The molecule has 0 fully saturated rings. The van der Waals surface area contributed by atoms with Crippen molar-refractivity contribution in [2.75, 3.05) is 6.79 Å². The van der Waals surface area contributed by atoms with Gasteiger partial charge < -0.3 is 24.8 Å². The number of rotatable bonds is 5. The van der Waals surface area contributed by atoms with Crippen molar-refractivity contribution >= 4 is 17.4 Å². The Morgan fingerprint density at radius 1 is 1.33 bits per heavy atom. The maximum atomic E-state index is 12.7. The number of thiophene rings is 1. The Morgan fingerprint density at radius 2 is 2.15 bits per heavy atom. The van der Waals surface area contributed by atoms with Gasteiger partial charge in [-0.25, -0.2) is 4.79 Å². The van der Waals surface area contributed by atoms with E-state index in [2.05, 4.69) is 15.4 Å². The van der Waals surface area contributed by atoms with Crippen LogP contribution < -0.4 is 24.8 Å². The molecule has 0 spiro atoms. The molecule has 6 nitrogen and oxygen atoms in total. The third kappa shape index (κ3) is 3.92. The van der Waals surface area contributed by atoms with Crippen molar-refractivity contribution in [3.05, 3.63) is 39.6 Å². The largest absolute Gasteiger partial charge is 0.454 e. The fraction of sp³-hybridized carbons (Fsp3) is 0.389. The van der Waals surface area contributed by atoms with Gasteiger partial charge in [0.05, 0.1) is 6.04 Å². The highest BCUT2D eigenvalue weighted by Gasteiger charge is 2.24. The van der Waals surface area contributed by atoms with Gasteiger partial charge in [0.1, 0.15) is 5.75 Å². The normalized spacial score (nSPS) is 17.5. The van der Waals surface area contributed by atoms with Gasteiger partial charge in [-0.05, 0) is 42.3 Å². The molecule has 144 valence electrons. The van der Waals surface area contributed by atoms with Crippen molar-refractivity contribution in [2.45, 2.75) is 38.5 Å². The van der Waals surface area contributed by atoms with E-state index < -0.39 is 6.61 Å². The molecule has 2 aromatic rings. The number of carbonyl (C=O) groups is 1. The van der Waals surface area contributed by atoms with Crippen LogP contribution in [0.5, 0.6) is 17.2 Å². The smallest absolute Gasteiger partial charge is 0.387 e. The molecule has 1 aliphatic carbocycles. The first kappa shape index (κ1) is 17.8. The standard InChI is InChI=1S/C18H18F2N2O4S/c19-17(20)26-13-7-15-14(24-9-25-15)6-10(13)8-21-18(23)22-12-2-1-3-16-11(12)4-5-27-16/h4-7,12,17H,1-3,8-9H2,(H2,21,22,23)/t12-/m1/s1. The second-order valence-electron chi connectivity index (χ2n) is 6.26. The summed E-state index contributed by atoms with van der Waals surface area (Å²) in [6.07, 6.45) is 2.94. The van der Waals surface area contributed by atoms with Crippen molar-refractivity contribution in [1.82, 2.24) is 10.6 Å². The monoisotopic (exact) mass is 396 g/mol. The minimum absolute atomic E-state index is 0.0193. The van der Waals surface area contributed by atoms with Gasteiger partial charge in [-0.1, -0.05) is 0 Å². The van der Waals surface area contributed by atoms with E-state index in [1.165, 1.54) is 17.0 Å². The maximum absolute atomic E-state index is 12.7. The van der Waals surface area contributed by atoms with E-state index in [0.717, 1.165) is 24.8 Å². The molecule has 0 unspecified atom stereocenters. The lowest BCUT2D eigenvalue weighted by Crippen LogP contribution is -2.38. The number of carbonyl (C=O) groups excluding carboxylic acids is 1. The van der Waals surface area contributed by atoms with E-state index in [1.54, 1.807) is 11.3 Å². The van der Waals surface area contributed by atoms with Crippen LogP contribution in [-0.4, -0.2) is 19.4 Å². The molecule has 0 saturated carbocycles. The molecule has 2 aliphatic rings. The highest BCUT2D eigenvalue weighted by molar-refractivity contribution is 7.10. The van der Waals surface area contributed by atoms with Gasteiger partial charge in [0, 0.05) is 23.1 Å². The van der Waals surface area contributed by atoms with Crippen molar-refractivity contribution in [1.29, 1.82) is 0 Å². The number of ether oxygens (including phenoxy) is 3. The molecule has 9 heteroatoms. The van der Waals surface area contributed by atoms with E-state index in [1.807, 2.05) is 11.4 Å². The Bertz CT molecular complexity index is 843. The van der Waals surface area contributed by atoms with Crippen molar-refractivity contribution in [3.63, 3.8) is 0 Å². The van der Waals surface area contributed by atoms with Crippen molar-refractivity contribution in [3.8, 4) is 17.2 Å². The van der Waals surface area contributed by atoms with Gasteiger partial charge in [0.2, 0.25) is 6.79 Å². The minimum Gasteiger partial charge on any atom is -0.454 e. The third-order valence-electron chi connectivity index (χ3n) is 4.57. The van der Waals surface area contributed by atoms with Gasteiger partial charge in [-0.15, -0.1) is 11.3 Å². The Hall–Kier alpha value is -2.55. The van der Waals surface area contributed by atoms with Crippen LogP contribution in [0.4, 0.5) is 13.6 Å². The van der Waals surface area contributed by atoms with Gasteiger partial charge in [0.25, 0.3) is 0 Å². The summed E-state index contributed by atoms with van der Waals surface area (Å²) in [6, 6.07) is 4.53. The van der Waals surface area contributed by atoms with E-state index in [0.29, 0.717) is 17.1 Å². The Balaban J connectivity index is 1.42. The van der Waals surface area contributed by atoms with E-state index in [-0.39, 0.29) is 31.2 Å². The lowest BCUT2D eigenvalue weighted by Gasteiger charge is -2.24. The number of hydrogen-bond acceptors (Lipinski definition) is 5. The lowest BCUT2D eigenvalue weighted by atomic mass is 9.94. The van der Waals surface area contributed by atoms with Crippen molar-refractivity contribution < 1.29 is 27.8 Å². The number of alkyl halides is 2. The van der Waals surface area contributed by atoms with E-state index in [4.69, 9.17) is 9.47 Å². The second kappa shape index (κ2) is 7.59. The van der Waals surface area contributed by atoms with Crippen LogP contribution in [0, 0.1) is 0 Å². The number of nitrogens with one attached hydrogen (secondary N) is 2. The molecule has 0 saturated heterocycles. The first-order valence-electron chi connectivity index (χ1n) is 8.58. The summed E-state index contributed by atoms with van der Waals surface area (Å²) in [5.74, 6) is 0.724. The fourth-order valence-electron chi connectivity index (χ4n) is 3.33. The molecule has 2 heterocycles. The summed E-state index contributed by atoms with van der Waals surface area (Å²) in [5.41, 5.74) is 1.54. The van der Waals surface area contributed by atoms with Crippen LogP contribution in [-0.2, 0) is 13.0 Å². The number of hydrogen-bond donors (Lipinski definition) is 2. The number of amides is 2. The van der Waals surface area contributed by atoms with Gasteiger partial charge in [-0.2, -0.15) is 8.78 Å². The fourth-order valence-corrected chi connectivity index (χ4v) is 4.32. The lowest BCUT2D eigenvalue weighted by molar-refractivity contribution is -0.0505. The SMILES string of the molecule is O=C(NCc1cc2c(cc1OC(F)F)OCO2)N[C@@H]1CCCc2sccc21. The van der Waals surface area contributed by atoms with Crippen LogP contribution in [0.25, 0.3) is 0 Å². The summed E-state index contributed by atoms with van der Waals surface area (Å²) < 4.78 is 40.4. The number of benzene rings is 1.